The molecular formula is C19H16. The summed E-state index contributed by atoms with van der Waals surface area (Å²) in [6.45, 7) is 6.67. The summed E-state index contributed by atoms with van der Waals surface area (Å²) in [4.78, 5) is 0. The lowest BCUT2D eigenvalue weighted by molar-refractivity contribution is 1.43. The van der Waals surface area contributed by atoms with Gasteiger partial charge in [0.2, 0.25) is 0 Å². The fourth-order valence-corrected chi connectivity index (χ4v) is 3.60. The van der Waals surface area contributed by atoms with Gasteiger partial charge in [0.15, 0.2) is 0 Å². The fraction of sp³-hybridized carbons (Fsp3) is 0.158. The maximum Gasteiger partial charge on any atom is -0.00188 e. The smallest absolute Gasteiger partial charge is 0.00188 e. The Morgan fingerprint density at radius 1 is 0.579 bits per heavy atom. The van der Waals surface area contributed by atoms with Gasteiger partial charge < -0.3 is 0 Å². The summed E-state index contributed by atoms with van der Waals surface area (Å²) in [5, 5.41) is 8.41. The van der Waals surface area contributed by atoms with Gasteiger partial charge in [0.05, 0.1) is 0 Å². The Morgan fingerprint density at radius 3 is 2.16 bits per heavy atom. The van der Waals surface area contributed by atoms with Crippen LogP contribution in [0.15, 0.2) is 42.5 Å². The van der Waals surface area contributed by atoms with Crippen LogP contribution in [0.1, 0.15) is 16.7 Å². The number of benzene rings is 4. The Morgan fingerprint density at radius 2 is 1.32 bits per heavy atom. The van der Waals surface area contributed by atoms with Gasteiger partial charge in [-0.25, -0.2) is 0 Å². The van der Waals surface area contributed by atoms with Crippen molar-refractivity contribution < 1.29 is 0 Å². The highest BCUT2D eigenvalue weighted by molar-refractivity contribution is 6.24. The van der Waals surface area contributed by atoms with Crippen molar-refractivity contribution in [2.75, 3.05) is 0 Å². The second-order valence-electron chi connectivity index (χ2n) is 5.65. The van der Waals surface area contributed by atoms with E-state index in [9.17, 15) is 0 Å². The third kappa shape index (κ3) is 1.29. The largest absolute Gasteiger partial charge is 0.0610 e. The van der Waals surface area contributed by atoms with Crippen LogP contribution in [0.5, 0.6) is 0 Å². The zero-order chi connectivity index (χ0) is 13.1. The highest BCUT2D eigenvalue weighted by atomic mass is 14.2. The topological polar surface area (TPSA) is 0 Å². The van der Waals surface area contributed by atoms with Gasteiger partial charge in [-0.3, -0.25) is 0 Å². The van der Waals surface area contributed by atoms with E-state index in [4.69, 9.17) is 0 Å². The van der Waals surface area contributed by atoms with Crippen LogP contribution in [0.25, 0.3) is 32.3 Å². The molecule has 0 fully saturated rings. The minimum atomic E-state index is 1.35. The molecule has 0 saturated carbocycles. The number of hydrogen-bond donors (Lipinski definition) is 0. The van der Waals surface area contributed by atoms with Gasteiger partial charge in [-0.05, 0) is 69.8 Å². The summed E-state index contributed by atoms with van der Waals surface area (Å²) in [6, 6.07) is 15.8. The maximum atomic E-state index is 2.33. The Hall–Kier alpha value is -2.08. The molecule has 4 aromatic carbocycles. The molecule has 0 N–H and O–H groups in total. The van der Waals surface area contributed by atoms with Gasteiger partial charge in [0.25, 0.3) is 0 Å². The van der Waals surface area contributed by atoms with Crippen molar-refractivity contribution in [3.63, 3.8) is 0 Å². The SMILES string of the molecule is Cc1cc(C)c2c(C)cc3cccc4ccc1c2c43. The van der Waals surface area contributed by atoms with Gasteiger partial charge in [0, 0.05) is 0 Å². The number of hydrogen-bond acceptors (Lipinski definition) is 0. The molecule has 0 aromatic heterocycles. The predicted molar refractivity (Wildman–Crippen MR) is 84.4 cm³/mol. The molecule has 0 bridgehead atoms. The van der Waals surface area contributed by atoms with E-state index in [1.54, 1.807) is 0 Å². The van der Waals surface area contributed by atoms with Crippen molar-refractivity contribution in [1.29, 1.82) is 0 Å². The Balaban J connectivity index is 2.50. The lowest BCUT2D eigenvalue weighted by Crippen LogP contribution is -1.91. The molecule has 0 aliphatic carbocycles. The summed E-state index contributed by atoms with van der Waals surface area (Å²) in [5.41, 5.74) is 4.15. The Bertz CT molecular complexity index is 929. The zero-order valence-corrected chi connectivity index (χ0v) is 11.5. The van der Waals surface area contributed by atoms with Gasteiger partial charge in [0.1, 0.15) is 0 Å². The van der Waals surface area contributed by atoms with Crippen LogP contribution in [-0.4, -0.2) is 0 Å². The standard InChI is InChI=1S/C19H16/c1-11-9-12(2)17-13(3)10-15-6-4-5-14-7-8-16(11)19(17)18(14)15/h4-10H,1-3H3. The van der Waals surface area contributed by atoms with Crippen molar-refractivity contribution in [3.05, 3.63) is 59.2 Å². The average molecular weight is 244 g/mol. The maximum absolute atomic E-state index is 2.33. The highest BCUT2D eigenvalue weighted by Crippen LogP contribution is 2.38. The molecular weight excluding hydrogens is 228 g/mol. The van der Waals surface area contributed by atoms with Crippen molar-refractivity contribution in [3.8, 4) is 0 Å². The van der Waals surface area contributed by atoms with Gasteiger partial charge >= 0.3 is 0 Å². The second kappa shape index (κ2) is 3.48. The van der Waals surface area contributed by atoms with E-state index >= 15 is 0 Å². The average Bonchev–Trinajstić information content (AvgIpc) is 2.38. The van der Waals surface area contributed by atoms with Crippen LogP contribution in [-0.2, 0) is 0 Å². The minimum absolute atomic E-state index is 1.35. The molecule has 0 heterocycles. The van der Waals surface area contributed by atoms with E-state index in [1.807, 2.05) is 0 Å². The van der Waals surface area contributed by atoms with Gasteiger partial charge in [-0.15, -0.1) is 0 Å². The second-order valence-corrected chi connectivity index (χ2v) is 5.65. The Labute approximate surface area is 113 Å². The van der Waals surface area contributed by atoms with E-state index in [0.717, 1.165) is 0 Å². The van der Waals surface area contributed by atoms with Crippen LogP contribution in [0.4, 0.5) is 0 Å². The van der Waals surface area contributed by atoms with Crippen molar-refractivity contribution in [2.45, 2.75) is 20.8 Å². The normalized spacial score (nSPS) is 11.9. The van der Waals surface area contributed by atoms with Crippen LogP contribution >= 0.6 is 0 Å². The van der Waals surface area contributed by atoms with E-state index < -0.39 is 0 Å². The molecule has 4 rings (SSSR count). The number of rotatable bonds is 0. The van der Waals surface area contributed by atoms with E-state index in [1.165, 1.54) is 49.0 Å². The molecule has 0 aliphatic rings. The summed E-state index contributed by atoms with van der Waals surface area (Å²) < 4.78 is 0. The summed E-state index contributed by atoms with van der Waals surface area (Å²) in [7, 11) is 0. The molecule has 0 unspecified atom stereocenters. The molecule has 4 aromatic rings. The lowest BCUT2D eigenvalue weighted by atomic mass is 9.88. The molecule has 19 heavy (non-hydrogen) atoms. The lowest BCUT2D eigenvalue weighted by Gasteiger charge is -2.16. The first-order valence-electron chi connectivity index (χ1n) is 6.81. The predicted octanol–water partition coefficient (Wildman–Crippen LogP) is 5.51. The Kier molecular flexibility index (Phi) is 1.98. The summed E-state index contributed by atoms with van der Waals surface area (Å²) in [6.07, 6.45) is 0. The molecule has 92 valence electrons. The number of aryl methyl sites for hydroxylation is 3. The van der Waals surface area contributed by atoms with Crippen LogP contribution in [0.3, 0.4) is 0 Å². The fourth-order valence-electron chi connectivity index (χ4n) is 3.60. The first-order chi connectivity index (χ1) is 9.16. The van der Waals surface area contributed by atoms with Gasteiger partial charge in [-0.1, -0.05) is 42.5 Å². The van der Waals surface area contributed by atoms with Crippen molar-refractivity contribution >= 4 is 32.3 Å². The van der Waals surface area contributed by atoms with E-state index in [0.29, 0.717) is 0 Å². The monoisotopic (exact) mass is 244 g/mol. The molecule has 0 amide bonds. The van der Waals surface area contributed by atoms with Crippen LogP contribution in [0, 0.1) is 20.8 Å². The molecule has 0 spiro atoms. The van der Waals surface area contributed by atoms with E-state index in [-0.39, 0.29) is 0 Å². The third-order valence-corrected chi connectivity index (χ3v) is 4.35. The first-order valence-corrected chi connectivity index (χ1v) is 6.81. The minimum Gasteiger partial charge on any atom is -0.0610 e. The molecule has 0 saturated heterocycles. The quantitative estimate of drug-likeness (QED) is 0.358. The van der Waals surface area contributed by atoms with E-state index in [2.05, 4.69) is 63.2 Å². The van der Waals surface area contributed by atoms with Crippen LogP contribution in [0.2, 0.25) is 0 Å². The molecule has 0 atom stereocenters. The van der Waals surface area contributed by atoms with Gasteiger partial charge in [-0.2, -0.15) is 0 Å². The molecule has 0 heteroatoms. The van der Waals surface area contributed by atoms with Crippen molar-refractivity contribution in [1.82, 2.24) is 0 Å². The van der Waals surface area contributed by atoms with Crippen molar-refractivity contribution in [2.24, 2.45) is 0 Å². The molecule has 0 nitrogen and oxygen atoms in total. The first kappa shape index (κ1) is 10.8. The summed E-state index contributed by atoms with van der Waals surface area (Å²) >= 11 is 0. The molecule has 0 aliphatic heterocycles. The zero-order valence-electron chi connectivity index (χ0n) is 11.5. The molecule has 0 radical (unpaired) electrons. The highest BCUT2D eigenvalue weighted by Gasteiger charge is 2.12. The summed E-state index contributed by atoms with van der Waals surface area (Å²) in [5.74, 6) is 0. The third-order valence-electron chi connectivity index (χ3n) is 4.35. The van der Waals surface area contributed by atoms with Crippen LogP contribution < -0.4 is 0 Å².